The van der Waals surface area contributed by atoms with E-state index in [4.69, 9.17) is 7.85 Å². The van der Waals surface area contributed by atoms with Crippen LogP contribution in [0.3, 0.4) is 0 Å². The number of hydrogen-bond acceptors (Lipinski definition) is 1. The Morgan fingerprint density at radius 2 is 1.62 bits per heavy atom. The summed E-state index contributed by atoms with van der Waals surface area (Å²) in [5.74, 6) is -0.411. The molecule has 0 spiro atoms. The van der Waals surface area contributed by atoms with Gasteiger partial charge in [0.2, 0.25) is 0 Å². The fourth-order valence-electron chi connectivity index (χ4n) is 1.29. The van der Waals surface area contributed by atoms with Crippen LogP contribution in [0, 0.1) is 0 Å². The molecule has 0 bridgehead atoms. The molecule has 2 nitrogen and oxygen atoms in total. The second-order valence-corrected chi connectivity index (χ2v) is 3.41. The number of carbonyl (C=O) groups is 1. The molecule has 1 N–H and O–H groups in total. The van der Waals surface area contributed by atoms with Crippen molar-refractivity contribution in [2.45, 2.75) is 51.9 Å². The van der Waals surface area contributed by atoms with Gasteiger partial charge in [-0.3, -0.25) is 4.79 Å². The minimum absolute atomic E-state index is 0.411. The van der Waals surface area contributed by atoms with E-state index >= 15 is 0 Å². The molecule has 0 aliphatic heterocycles. The van der Waals surface area contributed by atoms with Crippen LogP contribution in [0.1, 0.15) is 51.9 Å². The van der Waals surface area contributed by atoms with Crippen LogP contribution in [-0.4, -0.2) is 20.2 Å². The summed E-state index contributed by atoms with van der Waals surface area (Å²) >= 11 is 0. The van der Waals surface area contributed by atoms with E-state index in [2.05, 4.69) is 12.2 Å². The van der Waals surface area contributed by atoms with Crippen LogP contribution in [-0.2, 0) is 0 Å². The zero-order chi connectivity index (χ0) is 9.94. The first-order valence-corrected chi connectivity index (χ1v) is 5.30. The Balaban J connectivity index is 2.87. The molecule has 13 heavy (non-hydrogen) atoms. The van der Waals surface area contributed by atoms with Gasteiger partial charge in [-0.2, -0.15) is 0 Å². The molecule has 0 unspecified atom stereocenters. The third kappa shape index (κ3) is 11.5. The summed E-state index contributed by atoms with van der Waals surface area (Å²) in [6.07, 6.45) is 8.84. The summed E-state index contributed by atoms with van der Waals surface area (Å²) in [5.41, 5.74) is 0. The van der Waals surface area contributed by atoms with Crippen LogP contribution < -0.4 is 5.32 Å². The van der Waals surface area contributed by atoms with E-state index in [1.54, 1.807) is 0 Å². The molecule has 0 rings (SSSR count). The van der Waals surface area contributed by atoms with Crippen molar-refractivity contribution < 1.29 is 4.79 Å². The van der Waals surface area contributed by atoms with Gasteiger partial charge in [0.1, 0.15) is 0 Å². The number of amides is 1. The van der Waals surface area contributed by atoms with Crippen molar-refractivity contribution in [3.8, 4) is 0 Å². The summed E-state index contributed by atoms with van der Waals surface area (Å²) < 4.78 is 0. The molecular weight excluding hydrogens is 161 g/mol. The van der Waals surface area contributed by atoms with E-state index in [0.29, 0.717) is 0 Å². The minimum atomic E-state index is -0.411. The molecule has 0 saturated heterocycles. The molecule has 0 aliphatic carbocycles. The number of rotatable bonds is 8. The summed E-state index contributed by atoms with van der Waals surface area (Å²) in [7, 11) is 4.92. The third-order valence-corrected chi connectivity index (χ3v) is 2.08. The Morgan fingerprint density at radius 1 is 1.08 bits per heavy atom. The first-order chi connectivity index (χ1) is 6.27. The molecule has 0 saturated carbocycles. The van der Waals surface area contributed by atoms with Gasteiger partial charge in [-0.05, 0) is 6.42 Å². The van der Waals surface area contributed by atoms with Crippen LogP contribution in [0.5, 0.6) is 0 Å². The first kappa shape index (κ1) is 12.5. The van der Waals surface area contributed by atoms with Crippen molar-refractivity contribution in [3.05, 3.63) is 0 Å². The van der Waals surface area contributed by atoms with Crippen LogP contribution in [0.15, 0.2) is 0 Å². The molecule has 1 amide bonds. The highest BCUT2D eigenvalue weighted by Crippen LogP contribution is 2.05. The molecular formula is C10H20BNO. The summed E-state index contributed by atoms with van der Waals surface area (Å²) in [4.78, 5) is 10.3. The number of unbranched alkanes of at least 4 members (excludes halogenated alkanes) is 6. The Morgan fingerprint density at radius 3 is 2.15 bits per heavy atom. The van der Waals surface area contributed by atoms with Crippen molar-refractivity contribution >= 4 is 13.7 Å². The van der Waals surface area contributed by atoms with Crippen molar-refractivity contribution in [2.24, 2.45) is 0 Å². The molecule has 2 radical (unpaired) electrons. The Bertz CT molecular complexity index is 128. The Hall–Kier alpha value is -0.465. The average molecular weight is 181 g/mol. The van der Waals surface area contributed by atoms with Crippen LogP contribution >= 0.6 is 0 Å². The van der Waals surface area contributed by atoms with Gasteiger partial charge in [0.25, 0.3) is 0 Å². The van der Waals surface area contributed by atoms with E-state index in [9.17, 15) is 4.79 Å². The van der Waals surface area contributed by atoms with Gasteiger partial charge in [0.15, 0.2) is 13.7 Å². The van der Waals surface area contributed by atoms with E-state index in [0.717, 1.165) is 13.0 Å². The van der Waals surface area contributed by atoms with Gasteiger partial charge in [-0.15, -0.1) is 0 Å². The zero-order valence-electron chi connectivity index (χ0n) is 8.64. The quantitative estimate of drug-likeness (QED) is 0.452. The smallest absolute Gasteiger partial charge is 0.200 e. The lowest BCUT2D eigenvalue weighted by Gasteiger charge is -2.02. The van der Waals surface area contributed by atoms with Gasteiger partial charge >= 0.3 is 0 Å². The lowest BCUT2D eigenvalue weighted by Crippen LogP contribution is -2.22. The van der Waals surface area contributed by atoms with Gasteiger partial charge in [0, 0.05) is 6.54 Å². The third-order valence-electron chi connectivity index (χ3n) is 2.08. The summed E-state index contributed by atoms with van der Waals surface area (Å²) in [6, 6.07) is 0. The minimum Gasteiger partial charge on any atom is -0.366 e. The highest BCUT2D eigenvalue weighted by Gasteiger charge is 1.91. The van der Waals surface area contributed by atoms with Gasteiger partial charge in [0.05, 0.1) is 0 Å². The molecule has 0 heterocycles. The molecule has 0 fully saturated rings. The first-order valence-electron chi connectivity index (χ1n) is 5.30. The highest BCUT2D eigenvalue weighted by atomic mass is 16.1. The van der Waals surface area contributed by atoms with E-state index in [-0.39, 0.29) is 0 Å². The molecule has 0 aromatic heterocycles. The van der Waals surface area contributed by atoms with Crippen LogP contribution in [0.4, 0.5) is 4.79 Å². The van der Waals surface area contributed by atoms with Crippen molar-refractivity contribution in [1.82, 2.24) is 5.32 Å². The maximum Gasteiger partial charge on any atom is 0.200 e. The fourth-order valence-corrected chi connectivity index (χ4v) is 1.29. The summed E-state index contributed by atoms with van der Waals surface area (Å²) in [5, 5.41) is 2.59. The maximum absolute atomic E-state index is 10.3. The normalized spacial score (nSPS) is 9.92. The predicted octanol–water partition coefficient (Wildman–Crippen LogP) is 2.62. The van der Waals surface area contributed by atoms with Crippen LogP contribution in [0.2, 0.25) is 0 Å². The number of hydrogen-bond donors (Lipinski definition) is 1. The molecule has 0 atom stereocenters. The second kappa shape index (κ2) is 9.62. The largest absolute Gasteiger partial charge is 0.366 e. The van der Waals surface area contributed by atoms with E-state index in [1.807, 2.05) is 0 Å². The van der Waals surface area contributed by atoms with E-state index < -0.39 is 5.81 Å². The van der Waals surface area contributed by atoms with Crippen molar-refractivity contribution in [3.63, 3.8) is 0 Å². The topological polar surface area (TPSA) is 29.1 Å². The predicted molar refractivity (Wildman–Crippen MR) is 57.1 cm³/mol. The van der Waals surface area contributed by atoms with Crippen molar-refractivity contribution in [1.29, 1.82) is 0 Å². The highest BCUT2D eigenvalue weighted by molar-refractivity contribution is 6.57. The Kier molecular flexibility index (Phi) is 9.28. The maximum atomic E-state index is 10.3. The van der Waals surface area contributed by atoms with Gasteiger partial charge in [-0.25, -0.2) is 0 Å². The SMILES string of the molecule is [B]C(=O)NCCCCCCCCC. The molecule has 74 valence electrons. The summed E-state index contributed by atoms with van der Waals surface area (Å²) in [6.45, 7) is 2.94. The Labute approximate surface area is 82.9 Å². The van der Waals surface area contributed by atoms with Gasteiger partial charge in [-0.1, -0.05) is 45.4 Å². The number of nitrogens with one attached hydrogen (secondary N) is 1. The standard InChI is InChI=1S/C10H20BNO/c1-2-3-4-5-6-7-8-9-12-10(11)13/h2-9H2,1H3,(H,12,13). The fraction of sp³-hybridized carbons (Fsp3) is 0.900. The molecule has 0 aromatic carbocycles. The van der Waals surface area contributed by atoms with Crippen LogP contribution in [0.25, 0.3) is 0 Å². The van der Waals surface area contributed by atoms with E-state index in [1.165, 1.54) is 38.5 Å². The monoisotopic (exact) mass is 181 g/mol. The second-order valence-electron chi connectivity index (χ2n) is 3.41. The number of carbonyl (C=O) groups excluding carboxylic acids is 1. The lowest BCUT2D eigenvalue weighted by atomic mass is 10.1. The average Bonchev–Trinajstić information content (AvgIpc) is 2.09. The molecule has 3 heteroatoms. The lowest BCUT2D eigenvalue weighted by molar-refractivity contribution is 0.259. The van der Waals surface area contributed by atoms with Gasteiger partial charge < -0.3 is 5.32 Å². The zero-order valence-corrected chi connectivity index (χ0v) is 8.64. The van der Waals surface area contributed by atoms with Crippen molar-refractivity contribution in [2.75, 3.05) is 6.54 Å². The molecule has 0 aromatic rings. The molecule has 0 aliphatic rings.